The van der Waals surface area contributed by atoms with Gasteiger partial charge in [-0.05, 0) is 80.3 Å². The molecule has 1 aliphatic carbocycles. The normalized spacial score (nSPS) is 21.9. The Balaban J connectivity index is 1.46. The van der Waals surface area contributed by atoms with E-state index in [2.05, 4.69) is 58.1 Å². The number of aromatic nitrogens is 1. The van der Waals surface area contributed by atoms with Crippen molar-refractivity contribution in [1.82, 2.24) is 15.6 Å². The lowest BCUT2D eigenvalue weighted by molar-refractivity contribution is 0.113. The van der Waals surface area contributed by atoms with E-state index in [4.69, 9.17) is 0 Å². The molecule has 1 atom stereocenters. The van der Waals surface area contributed by atoms with Gasteiger partial charge in [-0.15, -0.1) is 0 Å². The van der Waals surface area contributed by atoms with E-state index in [0.717, 1.165) is 0 Å². The highest BCUT2D eigenvalue weighted by atomic mass is 15.0. The van der Waals surface area contributed by atoms with Crippen LogP contribution in [-0.4, -0.2) is 24.1 Å². The van der Waals surface area contributed by atoms with Gasteiger partial charge in [0.25, 0.3) is 0 Å². The molecule has 1 aromatic carbocycles. The van der Waals surface area contributed by atoms with Crippen molar-refractivity contribution in [3.05, 3.63) is 66.0 Å². The zero-order chi connectivity index (χ0) is 17.0. The van der Waals surface area contributed by atoms with E-state index in [1.54, 1.807) is 0 Å². The monoisotopic (exact) mass is 335 g/mol. The summed E-state index contributed by atoms with van der Waals surface area (Å²) in [5.74, 6) is 0. The molecule has 132 valence electrons. The van der Waals surface area contributed by atoms with Gasteiger partial charge in [0.05, 0.1) is 6.04 Å². The van der Waals surface area contributed by atoms with Crippen LogP contribution in [0.2, 0.25) is 0 Å². The van der Waals surface area contributed by atoms with Gasteiger partial charge in [-0.2, -0.15) is 0 Å². The summed E-state index contributed by atoms with van der Waals surface area (Å²) < 4.78 is 0. The van der Waals surface area contributed by atoms with Crippen LogP contribution in [0.3, 0.4) is 0 Å². The first-order chi connectivity index (χ1) is 12.3. The first-order valence-electron chi connectivity index (χ1n) is 9.76. The average molecular weight is 335 g/mol. The Morgan fingerprint density at radius 2 is 1.52 bits per heavy atom. The Labute approximate surface area is 151 Å². The zero-order valence-corrected chi connectivity index (χ0v) is 15.0. The van der Waals surface area contributed by atoms with Gasteiger partial charge in [-0.3, -0.25) is 4.98 Å². The SMILES string of the molecule is c1ccc(C(NC2CCC3(CCNCC3)CC2)c2ccncc2)cc1. The highest BCUT2D eigenvalue weighted by Gasteiger charge is 2.36. The van der Waals surface area contributed by atoms with E-state index in [1.807, 2.05) is 12.4 Å². The molecule has 1 saturated carbocycles. The van der Waals surface area contributed by atoms with Gasteiger partial charge in [0, 0.05) is 18.4 Å². The smallest absolute Gasteiger partial charge is 0.0579 e. The molecule has 1 aromatic heterocycles. The maximum atomic E-state index is 4.19. The fourth-order valence-corrected chi connectivity index (χ4v) is 4.68. The van der Waals surface area contributed by atoms with Crippen molar-refractivity contribution >= 4 is 0 Å². The van der Waals surface area contributed by atoms with Crippen LogP contribution in [0.15, 0.2) is 54.9 Å². The van der Waals surface area contributed by atoms with Crippen molar-refractivity contribution in [2.45, 2.75) is 50.6 Å². The van der Waals surface area contributed by atoms with Gasteiger partial charge in [-0.1, -0.05) is 30.3 Å². The molecule has 0 radical (unpaired) electrons. The van der Waals surface area contributed by atoms with Crippen LogP contribution in [0.4, 0.5) is 0 Å². The average Bonchev–Trinajstić information content (AvgIpc) is 2.70. The fraction of sp³-hybridized carbons (Fsp3) is 0.500. The van der Waals surface area contributed by atoms with Gasteiger partial charge >= 0.3 is 0 Å². The summed E-state index contributed by atoms with van der Waals surface area (Å²) >= 11 is 0. The Morgan fingerprint density at radius 3 is 2.20 bits per heavy atom. The molecule has 2 fully saturated rings. The van der Waals surface area contributed by atoms with E-state index >= 15 is 0 Å². The molecule has 2 aromatic rings. The minimum atomic E-state index is 0.260. The van der Waals surface area contributed by atoms with Crippen molar-refractivity contribution < 1.29 is 0 Å². The fourth-order valence-electron chi connectivity index (χ4n) is 4.68. The van der Waals surface area contributed by atoms with Crippen LogP contribution in [0, 0.1) is 5.41 Å². The van der Waals surface area contributed by atoms with Gasteiger partial charge < -0.3 is 10.6 Å². The molecule has 0 amide bonds. The van der Waals surface area contributed by atoms with Crippen molar-refractivity contribution in [2.75, 3.05) is 13.1 Å². The Morgan fingerprint density at radius 1 is 0.880 bits per heavy atom. The molecule has 4 rings (SSSR count). The third-order valence-corrected chi connectivity index (χ3v) is 6.29. The summed E-state index contributed by atoms with van der Waals surface area (Å²) in [5.41, 5.74) is 3.28. The molecular formula is C22H29N3. The number of pyridine rings is 1. The van der Waals surface area contributed by atoms with Gasteiger partial charge in [0.1, 0.15) is 0 Å². The lowest BCUT2D eigenvalue weighted by Gasteiger charge is -2.44. The molecule has 25 heavy (non-hydrogen) atoms. The zero-order valence-electron chi connectivity index (χ0n) is 15.0. The highest BCUT2D eigenvalue weighted by Crippen LogP contribution is 2.43. The summed E-state index contributed by atoms with van der Waals surface area (Å²) in [4.78, 5) is 4.19. The van der Waals surface area contributed by atoms with Crippen LogP contribution < -0.4 is 10.6 Å². The second kappa shape index (κ2) is 7.67. The molecule has 0 bridgehead atoms. The van der Waals surface area contributed by atoms with Crippen molar-refractivity contribution in [1.29, 1.82) is 0 Å². The summed E-state index contributed by atoms with van der Waals surface area (Å²) in [6.07, 6.45) is 11.9. The van der Waals surface area contributed by atoms with Crippen LogP contribution in [0.25, 0.3) is 0 Å². The lowest BCUT2D eigenvalue weighted by Crippen LogP contribution is -2.44. The Kier molecular flexibility index (Phi) is 5.14. The molecule has 1 aliphatic heterocycles. The number of nitrogens with zero attached hydrogens (tertiary/aromatic N) is 1. The summed E-state index contributed by atoms with van der Waals surface area (Å²) in [6, 6.07) is 16.0. The van der Waals surface area contributed by atoms with E-state index in [0.29, 0.717) is 11.5 Å². The van der Waals surface area contributed by atoms with Gasteiger partial charge in [-0.25, -0.2) is 0 Å². The number of rotatable bonds is 4. The molecule has 3 nitrogen and oxygen atoms in total. The van der Waals surface area contributed by atoms with Crippen molar-refractivity contribution in [3.8, 4) is 0 Å². The van der Waals surface area contributed by atoms with Crippen LogP contribution in [0.5, 0.6) is 0 Å². The predicted molar refractivity (Wildman–Crippen MR) is 102 cm³/mol. The summed E-state index contributed by atoms with van der Waals surface area (Å²) in [6.45, 7) is 2.42. The van der Waals surface area contributed by atoms with Gasteiger partial charge in [0.15, 0.2) is 0 Å². The van der Waals surface area contributed by atoms with Crippen molar-refractivity contribution in [2.24, 2.45) is 5.41 Å². The minimum absolute atomic E-state index is 0.260. The Hall–Kier alpha value is -1.71. The van der Waals surface area contributed by atoms with Crippen LogP contribution >= 0.6 is 0 Å². The lowest BCUT2D eigenvalue weighted by atomic mass is 9.67. The van der Waals surface area contributed by atoms with Gasteiger partial charge in [0.2, 0.25) is 0 Å². The second-order valence-corrected chi connectivity index (χ2v) is 7.82. The van der Waals surface area contributed by atoms with E-state index in [1.165, 1.54) is 62.7 Å². The largest absolute Gasteiger partial charge is 0.317 e. The quantitative estimate of drug-likeness (QED) is 0.884. The molecule has 2 heterocycles. The molecule has 2 aliphatic rings. The topological polar surface area (TPSA) is 37.0 Å². The molecule has 3 heteroatoms. The highest BCUT2D eigenvalue weighted by molar-refractivity contribution is 5.30. The summed E-state index contributed by atoms with van der Waals surface area (Å²) in [5, 5.41) is 7.49. The van der Waals surface area contributed by atoms with E-state index < -0.39 is 0 Å². The maximum Gasteiger partial charge on any atom is 0.0579 e. The first kappa shape index (κ1) is 16.7. The number of hydrogen-bond donors (Lipinski definition) is 2. The maximum absolute atomic E-state index is 4.19. The summed E-state index contributed by atoms with van der Waals surface area (Å²) in [7, 11) is 0. The van der Waals surface area contributed by atoms with Crippen LogP contribution in [0.1, 0.15) is 55.7 Å². The third kappa shape index (κ3) is 3.94. The van der Waals surface area contributed by atoms with E-state index in [-0.39, 0.29) is 6.04 Å². The van der Waals surface area contributed by atoms with Crippen LogP contribution in [-0.2, 0) is 0 Å². The Bertz CT molecular complexity index is 600. The number of piperidine rings is 1. The molecule has 1 unspecified atom stereocenters. The van der Waals surface area contributed by atoms with E-state index in [9.17, 15) is 0 Å². The standard InChI is InChI=1S/C22H29N3/c1-2-4-18(5-3-1)21(19-8-14-23-15-9-19)25-20-6-10-22(11-7-20)12-16-24-17-13-22/h1-5,8-9,14-15,20-21,24-25H,6-7,10-13,16-17H2. The predicted octanol–water partition coefficient (Wildman–Crippen LogP) is 4.07. The molecule has 2 N–H and O–H groups in total. The molecule has 1 spiro atoms. The number of benzene rings is 1. The number of nitrogens with one attached hydrogen (secondary N) is 2. The minimum Gasteiger partial charge on any atom is -0.317 e. The molecule has 1 saturated heterocycles. The molecular weight excluding hydrogens is 306 g/mol. The first-order valence-corrected chi connectivity index (χ1v) is 9.76. The number of hydrogen-bond acceptors (Lipinski definition) is 3. The second-order valence-electron chi connectivity index (χ2n) is 7.82. The third-order valence-electron chi connectivity index (χ3n) is 6.29. The van der Waals surface area contributed by atoms with Crippen molar-refractivity contribution in [3.63, 3.8) is 0 Å².